The predicted octanol–water partition coefficient (Wildman–Crippen LogP) is 2.21. The van der Waals surface area contributed by atoms with Crippen LogP contribution in [0.3, 0.4) is 0 Å². The molecule has 3 nitrogen and oxygen atoms in total. The number of rotatable bonds is 1. The molecule has 0 bridgehead atoms. The van der Waals surface area contributed by atoms with Gasteiger partial charge in [0.25, 0.3) is 0 Å². The van der Waals surface area contributed by atoms with Gasteiger partial charge in [0.05, 0.1) is 0 Å². The van der Waals surface area contributed by atoms with Gasteiger partial charge in [-0.05, 0) is 31.5 Å². The minimum absolute atomic E-state index is 0.620. The Morgan fingerprint density at radius 1 is 0.947 bits per heavy atom. The van der Waals surface area contributed by atoms with E-state index < -0.39 is 0 Å². The second-order valence-corrected chi connectivity index (χ2v) is 5.98. The van der Waals surface area contributed by atoms with Crippen molar-refractivity contribution in [2.24, 2.45) is 0 Å². The highest BCUT2D eigenvalue weighted by atomic mass is 15.3. The Morgan fingerprint density at radius 3 is 2.47 bits per heavy atom. The molecule has 2 aliphatic rings. The molecule has 0 spiro atoms. The zero-order valence-electron chi connectivity index (χ0n) is 12.2. The fourth-order valence-corrected chi connectivity index (χ4v) is 3.43. The standard InChI is InChI=1S/C16H25N3/c1-17-10-12-19(13-11-17)16-8-5-9-18(2)15-7-4-3-6-14(15)16/h3-4,6-7,16H,5,8-13H2,1-2H3. The lowest BCUT2D eigenvalue weighted by Gasteiger charge is -2.38. The second kappa shape index (κ2) is 5.51. The lowest BCUT2D eigenvalue weighted by atomic mass is 9.99. The third-order valence-corrected chi connectivity index (χ3v) is 4.66. The first-order valence-electron chi connectivity index (χ1n) is 7.48. The van der Waals surface area contributed by atoms with Crippen molar-refractivity contribution in [3.05, 3.63) is 29.8 Å². The van der Waals surface area contributed by atoms with Crippen LogP contribution in [0, 0.1) is 0 Å². The zero-order valence-corrected chi connectivity index (χ0v) is 12.2. The average molecular weight is 259 g/mol. The summed E-state index contributed by atoms with van der Waals surface area (Å²) in [7, 11) is 4.46. The minimum atomic E-state index is 0.620. The van der Waals surface area contributed by atoms with Crippen molar-refractivity contribution in [1.82, 2.24) is 9.80 Å². The van der Waals surface area contributed by atoms with Crippen molar-refractivity contribution in [2.75, 3.05) is 51.7 Å². The van der Waals surface area contributed by atoms with Crippen LogP contribution in [0.2, 0.25) is 0 Å². The summed E-state index contributed by atoms with van der Waals surface area (Å²) in [4.78, 5) is 7.55. The quantitative estimate of drug-likeness (QED) is 0.765. The summed E-state index contributed by atoms with van der Waals surface area (Å²) in [6.07, 6.45) is 2.59. The van der Waals surface area contributed by atoms with Gasteiger partial charge in [0.2, 0.25) is 0 Å². The van der Waals surface area contributed by atoms with E-state index in [2.05, 4.69) is 53.1 Å². The molecule has 0 amide bonds. The molecule has 1 fully saturated rings. The highest BCUT2D eigenvalue weighted by molar-refractivity contribution is 5.55. The van der Waals surface area contributed by atoms with Crippen molar-refractivity contribution in [3.8, 4) is 0 Å². The van der Waals surface area contributed by atoms with Gasteiger partial charge in [-0.15, -0.1) is 0 Å². The van der Waals surface area contributed by atoms with Crippen LogP contribution in [0.4, 0.5) is 5.69 Å². The lowest BCUT2D eigenvalue weighted by Crippen LogP contribution is -2.45. The molecule has 19 heavy (non-hydrogen) atoms. The second-order valence-electron chi connectivity index (χ2n) is 5.98. The monoisotopic (exact) mass is 259 g/mol. The van der Waals surface area contributed by atoms with Gasteiger partial charge in [-0.25, -0.2) is 0 Å². The largest absolute Gasteiger partial charge is 0.374 e. The van der Waals surface area contributed by atoms with E-state index in [0.29, 0.717) is 6.04 Å². The topological polar surface area (TPSA) is 9.72 Å². The van der Waals surface area contributed by atoms with E-state index in [0.717, 1.165) is 0 Å². The van der Waals surface area contributed by atoms with Crippen LogP contribution in [0.15, 0.2) is 24.3 Å². The molecule has 0 saturated carbocycles. The van der Waals surface area contributed by atoms with Gasteiger partial charge in [-0.3, -0.25) is 4.90 Å². The van der Waals surface area contributed by atoms with Crippen molar-refractivity contribution < 1.29 is 0 Å². The van der Waals surface area contributed by atoms with E-state index in [9.17, 15) is 0 Å². The van der Waals surface area contributed by atoms with Crippen molar-refractivity contribution >= 4 is 5.69 Å². The molecule has 3 rings (SSSR count). The van der Waals surface area contributed by atoms with Crippen LogP contribution in [0.1, 0.15) is 24.4 Å². The number of hydrogen-bond acceptors (Lipinski definition) is 3. The van der Waals surface area contributed by atoms with Crippen molar-refractivity contribution in [2.45, 2.75) is 18.9 Å². The first-order valence-corrected chi connectivity index (χ1v) is 7.48. The van der Waals surface area contributed by atoms with E-state index >= 15 is 0 Å². The maximum atomic E-state index is 2.69. The first kappa shape index (κ1) is 12.9. The third-order valence-electron chi connectivity index (χ3n) is 4.66. The van der Waals surface area contributed by atoms with Gasteiger partial charge in [0.1, 0.15) is 0 Å². The molecule has 0 radical (unpaired) electrons. The molecule has 0 aliphatic carbocycles. The zero-order chi connectivity index (χ0) is 13.2. The third kappa shape index (κ3) is 2.63. The number of likely N-dealkylation sites (N-methyl/N-ethyl adjacent to an activating group) is 1. The number of fused-ring (bicyclic) bond motifs is 1. The van der Waals surface area contributed by atoms with Gasteiger partial charge in [-0.2, -0.15) is 0 Å². The Kier molecular flexibility index (Phi) is 3.76. The van der Waals surface area contributed by atoms with Crippen LogP contribution in [0.25, 0.3) is 0 Å². The van der Waals surface area contributed by atoms with Gasteiger partial charge >= 0.3 is 0 Å². The van der Waals surface area contributed by atoms with Crippen LogP contribution < -0.4 is 4.90 Å². The fourth-order valence-electron chi connectivity index (χ4n) is 3.43. The molecule has 0 N–H and O–H groups in total. The van der Waals surface area contributed by atoms with Crippen LogP contribution in [-0.2, 0) is 0 Å². The summed E-state index contributed by atoms with van der Waals surface area (Å²) in [6.45, 7) is 6.00. The maximum Gasteiger partial charge on any atom is 0.0412 e. The molecule has 0 aromatic heterocycles. The highest BCUT2D eigenvalue weighted by Crippen LogP contribution is 2.36. The lowest BCUT2D eigenvalue weighted by molar-refractivity contribution is 0.107. The van der Waals surface area contributed by atoms with Gasteiger partial charge in [0, 0.05) is 51.5 Å². The van der Waals surface area contributed by atoms with Crippen LogP contribution in [-0.4, -0.2) is 56.6 Å². The van der Waals surface area contributed by atoms with E-state index in [4.69, 9.17) is 0 Å². The maximum absolute atomic E-state index is 2.69. The summed E-state index contributed by atoms with van der Waals surface area (Å²) in [6, 6.07) is 9.60. The Bertz CT molecular complexity index is 424. The fraction of sp³-hybridized carbons (Fsp3) is 0.625. The molecule has 1 atom stereocenters. The van der Waals surface area contributed by atoms with Gasteiger partial charge in [-0.1, -0.05) is 18.2 Å². The number of anilines is 1. The predicted molar refractivity (Wildman–Crippen MR) is 80.8 cm³/mol. The van der Waals surface area contributed by atoms with E-state index in [1.54, 1.807) is 0 Å². The SMILES string of the molecule is CN1CCN(C2CCCN(C)c3ccccc32)CC1. The number of hydrogen-bond donors (Lipinski definition) is 0. The Balaban J connectivity index is 1.87. The molecule has 3 heteroatoms. The molecule has 104 valence electrons. The Labute approximate surface area is 116 Å². The molecule has 1 aromatic carbocycles. The van der Waals surface area contributed by atoms with Gasteiger partial charge in [0.15, 0.2) is 0 Å². The molecule has 2 heterocycles. The summed E-state index contributed by atoms with van der Waals surface area (Å²) in [5.74, 6) is 0. The van der Waals surface area contributed by atoms with E-state index in [1.807, 2.05) is 0 Å². The number of piperazine rings is 1. The van der Waals surface area contributed by atoms with Crippen LogP contribution >= 0.6 is 0 Å². The molecule has 1 saturated heterocycles. The molecule has 1 aromatic rings. The summed E-state index contributed by atoms with van der Waals surface area (Å²) < 4.78 is 0. The molecule has 1 unspecified atom stereocenters. The normalized spacial score (nSPS) is 26.0. The summed E-state index contributed by atoms with van der Waals surface area (Å²) in [5, 5.41) is 0. The first-order chi connectivity index (χ1) is 9.25. The number of nitrogens with zero attached hydrogens (tertiary/aromatic N) is 3. The van der Waals surface area contributed by atoms with E-state index in [-0.39, 0.29) is 0 Å². The smallest absolute Gasteiger partial charge is 0.0412 e. The van der Waals surface area contributed by atoms with Gasteiger partial charge < -0.3 is 9.80 Å². The summed E-state index contributed by atoms with van der Waals surface area (Å²) >= 11 is 0. The number of benzene rings is 1. The van der Waals surface area contributed by atoms with Crippen LogP contribution in [0.5, 0.6) is 0 Å². The highest BCUT2D eigenvalue weighted by Gasteiger charge is 2.27. The number of para-hydroxylation sites is 1. The Hall–Kier alpha value is -1.06. The molecular weight excluding hydrogens is 234 g/mol. The molecule has 2 aliphatic heterocycles. The van der Waals surface area contributed by atoms with Crippen molar-refractivity contribution in [3.63, 3.8) is 0 Å². The van der Waals surface area contributed by atoms with E-state index in [1.165, 1.54) is 56.8 Å². The summed E-state index contributed by atoms with van der Waals surface area (Å²) in [5.41, 5.74) is 2.97. The van der Waals surface area contributed by atoms with Crippen molar-refractivity contribution in [1.29, 1.82) is 0 Å². The minimum Gasteiger partial charge on any atom is -0.374 e. The Morgan fingerprint density at radius 2 is 1.68 bits per heavy atom. The molecular formula is C16H25N3. The average Bonchev–Trinajstić information content (AvgIpc) is 2.60.